The summed E-state index contributed by atoms with van der Waals surface area (Å²) in [7, 11) is 0. The van der Waals surface area contributed by atoms with E-state index >= 15 is 0 Å². The molecule has 2 aromatic heterocycles. The fraction of sp³-hybridized carbons (Fsp3) is 0.273. The molecule has 5 heteroatoms. The third kappa shape index (κ3) is 2.93. The van der Waals surface area contributed by atoms with Crippen molar-refractivity contribution in [2.45, 2.75) is 12.8 Å². The predicted molar refractivity (Wildman–Crippen MR) is 68.3 cm³/mol. The largest absolute Gasteiger partial charge is 0.384 e. The van der Waals surface area contributed by atoms with Gasteiger partial charge in [-0.25, -0.2) is 9.97 Å². The number of pyridine rings is 1. The highest BCUT2D eigenvalue weighted by atomic mass is 35.5. The minimum atomic E-state index is 0.395. The number of rotatable bonds is 4. The van der Waals surface area contributed by atoms with Crippen LogP contribution in [-0.2, 0) is 0 Å². The second-order valence-electron chi connectivity index (χ2n) is 3.52. The quantitative estimate of drug-likeness (QED) is 0.849. The number of nitrogens with one attached hydrogen (secondary N) is 1. The number of halogens is 1. The zero-order chi connectivity index (χ0) is 11.4. The van der Waals surface area contributed by atoms with E-state index < -0.39 is 0 Å². The number of anilines is 1. The molecule has 2 heterocycles. The van der Waals surface area contributed by atoms with E-state index in [2.05, 4.69) is 22.2 Å². The second kappa shape index (κ2) is 5.27. The Morgan fingerprint density at radius 2 is 2.31 bits per heavy atom. The van der Waals surface area contributed by atoms with Crippen molar-refractivity contribution in [3.05, 3.63) is 40.1 Å². The lowest BCUT2D eigenvalue weighted by atomic mass is 10.2. The Balaban J connectivity index is 1.92. The van der Waals surface area contributed by atoms with Crippen LogP contribution in [0.25, 0.3) is 0 Å². The van der Waals surface area contributed by atoms with Gasteiger partial charge < -0.3 is 5.32 Å². The normalized spacial score (nSPS) is 12.4. The zero-order valence-corrected chi connectivity index (χ0v) is 10.4. The lowest BCUT2D eigenvalue weighted by molar-refractivity contribution is 0.795. The maximum Gasteiger partial charge on any atom is 0.131 e. The van der Waals surface area contributed by atoms with Gasteiger partial charge in [0.1, 0.15) is 5.15 Å². The van der Waals surface area contributed by atoms with Gasteiger partial charge >= 0.3 is 0 Å². The van der Waals surface area contributed by atoms with Crippen molar-refractivity contribution in [1.29, 1.82) is 0 Å². The Morgan fingerprint density at radius 1 is 1.44 bits per heavy atom. The summed E-state index contributed by atoms with van der Waals surface area (Å²) in [5.41, 5.74) is 0.989. The summed E-state index contributed by atoms with van der Waals surface area (Å²) in [4.78, 5) is 8.22. The van der Waals surface area contributed by atoms with Crippen LogP contribution in [0.2, 0.25) is 5.15 Å². The fourth-order valence-corrected chi connectivity index (χ4v) is 2.22. The van der Waals surface area contributed by atoms with E-state index in [1.165, 1.54) is 0 Å². The van der Waals surface area contributed by atoms with Crippen LogP contribution in [0.3, 0.4) is 0 Å². The second-order valence-corrected chi connectivity index (χ2v) is 4.83. The summed E-state index contributed by atoms with van der Waals surface area (Å²) in [6.45, 7) is 2.99. The molecular formula is C11H12ClN3S. The van der Waals surface area contributed by atoms with Crippen LogP contribution >= 0.6 is 22.9 Å². The average molecular weight is 254 g/mol. The molecule has 0 aliphatic heterocycles. The molecule has 0 saturated carbocycles. The Kier molecular flexibility index (Phi) is 3.74. The molecule has 0 aliphatic carbocycles. The lowest BCUT2D eigenvalue weighted by Crippen LogP contribution is -2.09. The molecule has 1 N–H and O–H groups in total. The smallest absolute Gasteiger partial charge is 0.131 e. The van der Waals surface area contributed by atoms with Crippen molar-refractivity contribution in [2.75, 3.05) is 11.9 Å². The molecule has 0 aromatic carbocycles. The molecule has 0 fully saturated rings. The molecule has 2 rings (SSSR count). The van der Waals surface area contributed by atoms with E-state index in [1.54, 1.807) is 17.5 Å². The molecule has 0 saturated heterocycles. The summed E-state index contributed by atoms with van der Waals surface area (Å²) < 4.78 is 0. The van der Waals surface area contributed by atoms with Gasteiger partial charge in [-0.05, 0) is 12.1 Å². The molecule has 1 unspecified atom stereocenters. The molecule has 3 nitrogen and oxygen atoms in total. The number of hydrogen-bond donors (Lipinski definition) is 1. The Morgan fingerprint density at radius 3 is 3.00 bits per heavy atom. The molecular weight excluding hydrogens is 242 g/mol. The highest BCUT2D eigenvalue weighted by Gasteiger charge is 2.07. The number of aromatic nitrogens is 2. The van der Waals surface area contributed by atoms with Gasteiger partial charge in [0, 0.05) is 35.9 Å². The molecule has 16 heavy (non-hydrogen) atoms. The van der Waals surface area contributed by atoms with Gasteiger partial charge in [0.2, 0.25) is 0 Å². The van der Waals surface area contributed by atoms with Crippen molar-refractivity contribution >= 4 is 28.6 Å². The van der Waals surface area contributed by atoms with Crippen LogP contribution in [-0.4, -0.2) is 16.5 Å². The number of hydrogen-bond acceptors (Lipinski definition) is 4. The van der Waals surface area contributed by atoms with E-state index in [0.717, 1.165) is 17.2 Å². The monoisotopic (exact) mass is 253 g/mol. The minimum Gasteiger partial charge on any atom is -0.384 e. The third-order valence-electron chi connectivity index (χ3n) is 2.21. The van der Waals surface area contributed by atoms with Crippen molar-refractivity contribution < 1.29 is 0 Å². The Bertz CT molecular complexity index is 444. The van der Waals surface area contributed by atoms with Crippen molar-refractivity contribution in [2.24, 2.45) is 0 Å². The summed E-state index contributed by atoms with van der Waals surface area (Å²) in [5, 5.41) is 6.96. The molecule has 0 radical (unpaired) electrons. The summed E-state index contributed by atoms with van der Waals surface area (Å²) >= 11 is 7.48. The van der Waals surface area contributed by atoms with Gasteiger partial charge in [0.05, 0.1) is 5.01 Å². The first kappa shape index (κ1) is 11.4. The molecule has 2 aromatic rings. The van der Waals surface area contributed by atoms with Gasteiger partial charge in [-0.1, -0.05) is 18.5 Å². The van der Waals surface area contributed by atoms with Crippen LogP contribution in [0.1, 0.15) is 17.8 Å². The maximum atomic E-state index is 5.80. The SMILES string of the molecule is CC(CNc1ccnc(Cl)c1)c1nccs1. The molecule has 1 atom stereocenters. The fourth-order valence-electron chi connectivity index (χ4n) is 1.35. The van der Waals surface area contributed by atoms with E-state index in [0.29, 0.717) is 11.1 Å². The molecule has 0 bridgehead atoms. The first-order valence-electron chi connectivity index (χ1n) is 5.00. The third-order valence-corrected chi connectivity index (χ3v) is 3.43. The highest BCUT2D eigenvalue weighted by molar-refractivity contribution is 7.09. The minimum absolute atomic E-state index is 0.395. The molecule has 0 aliphatic rings. The Labute approximate surface area is 104 Å². The zero-order valence-electron chi connectivity index (χ0n) is 8.85. The highest BCUT2D eigenvalue weighted by Crippen LogP contribution is 2.19. The van der Waals surface area contributed by atoms with Crippen molar-refractivity contribution in [3.8, 4) is 0 Å². The summed E-state index contributed by atoms with van der Waals surface area (Å²) in [6, 6.07) is 3.72. The lowest BCUT2D eigenvalue weighted by Gasteiger charge is -2.11. The Hall–Kier alpha value is -1.13. The van der Waals surface area contributed by atoms with Crippen LogP contribution in [0.4, 0.5) is 5.69 Å². The number of thiazole rings is 1. The molecule has 0 amide bonds. The van der Waals surface area contributed by atoms with E-state index in [9.17, 15) is 0 Å². The van der Waals surface area contributed by atoms with Gasteiger partial charge in [0.15, 0.2) is 0 Å². The average Bonchev–Trinajstić information content (AvgIpc) is 2.79. The van der Waals surface area contributed by atoms with Crippen molar-refractivity contribution in [1.82, 2.24) is 9.97 Å². The van der Waals surface area contributed by atoms with E-state index in [1.807, 2.05) is 23.7 Å². The van der Waals surface area contributed by atoms with Crippen LogP contribution < -0.4 is 5.32 Å². The van der Waals surface area contributed by atoms with Gasteiger partial charge in [-0.3, -0.25) is 0 Å². The predicted octanol–water partition coefficient (Wildman–Crippen LogP) is 3.41. The standard InChI is InChI=1S/C11H12ClN3S/c1-8(11-14-4-5-16-11)7-15-9-2-3-13-10(12)6-9/h2-6,8H,7H2,1H3,(H,13,15). The topological polar surface area (TPSA) is 37.8 Å². The number of nitrogens with zero attached hydrogens (tertiary/aromatic N) is 2. The van der Waals surface area contributed by atoms with Gasteiger partial charge in [0.25, 0.3) is 0 Å². The molecule has 0 spiro atoms. The summed E-state index contributed by atoms with van der Waals surface area (Å²) in [6.07, 6.45) is 3.53. The van der Waals surface area contributed by atoms with Crippen LogP contribution in [0.5, 0.6) is 0 Å². The van der Waals surface area contributed by atoms with Gasteiger partial charge in [-0.2, -0.15) is 0 Å². The maximum absolute atomic E-state index is 5.80. The van der Waals surface area contributed by atoms with Crippen LogP contribution in [0.15, 0.2) is 29.9 Å². The molecule has 84 valence electrons. The first-order valence-corrected chi connectivity index (χ1v) is 6.26. The van der Waals surface area contributed by atoms with Gasteiger partial charge in [-0.15, -0.1) is 11.3 Å². The summed E-state index contributed by atoms with van der Waals surface area (Å²) in [5.74, 6) is 0.395. The van der Waals surface area contributed by atoms with Crippen molar-refractivity contribution in [3.63, 3.8) is 0 Å². The first-order chi connectivity index (χ1) is 7.75. The van der Waals surface area contributed by atoms with Crippen LogP contribution in [0, 0.1) is 0 Å². The van der Waals surface area contributed by atoms with E-state index in [4.69, 9.17) is 11.6 Å². The van der Waals surface area contributed by atoms with E-state index in [-0.39, 0.29) is 0 Å².